The predicted octanol–water partition coefficient (Wildman–Crippen LogP) is 4.91. The Bertz CT molecular complexity index is 837. The number of benzene rings is 1. The Morgan fingerprint density at radius 1 is 1.33 bits per heavy atom. The summed E-state index contributed by atoms with van der Waals surface area (Å²) >= 11 is 6.25. The first-order valence-corrected chi connectivity index (χ1v) is 9.61. The molecular weight excluding hydrogens is 413 g/mol. The molecule has 0 aliphatic carbocycles. The van der Waals surface area contributed by atoms with E-state index < -0.39 is 5.92 Å². The molecule has 8 heteroatoms. The van der Waals surface area contributed by atoms with Crippen LogP contribution in [0.25, 0.3) is 0 Å². The zero-order chi connectivity index (χ0) is 17.1. The van der Waals surface area contributed by atoms with Gasteiger partial charge in [-0.25, -0.2) is 4.39 Å². The number of hydrogen-bond acceptors (Lipinski definition) is 5. The van der Waals surface area contributed by atoms with E-state index >= 15 is 0 Å². The van der Waals surface area contributed by atoms with E-state index in [1.807, 2.05) is 25.1 Å². The first kappa shape index (κ1) is 17.2. The summed E-state index contributed by atoms with van der Waals surface area (Å²) in [6.45, 7) is 1.83. The summed E-state index contributed by atoms with van der Waals surface area (Å²) in [6.07, 6.45) is 0. The maximum atomic E-state index is 13.7. The Labute approximate surface area is 154 Å². The van der Waals surface area contributed by atoms with Crippen molar-refractivity contribution in [3.8, 4) is 0 Å². The van der Waals surface area contributed by atoms with Crippen LogP contribution in [0.2, 0.25) is 0 Å². The van der Waals surface area contributed by atoms with E-state index in [1.54, 1.807) is 11.6 Å². The molecule has 24 heavy (non-hydrogen) atoms. The Morgan fingerprint density at radius 3 is 2.79 bits per heavy atom. The lowest BCUT2D eigenvalue weighted by Gasteiger charge is -2.22. The van der Waals surface area contributed by atoms with Gasteiger partial charge in [0.05, 0.1) is 3.79 Å². The SMILES string of the molecule is C[C@@H](C(=O)Nc1nncs1)C(c1cccc(F)c1)c1ccc(Br)s1. The fraction of sp³-hybridized carbons (Fsp3) is 0.188. The van der Waals surface area contributed by atoms with E-state index in [2.05, 4.69) is 31.4 Å². The van der Waals surface area contributed by atoms with Crippen molar-refractivity contribution in [2.75, 3.05) is 5.32 Å². The van der Waals surface area contributed by atoms with Crippen molar-refractivity contribution in [2.24, 2.45) is 5.92 Å². The molecule has 0 radical (unpaired) electrons. The topological polar surface area (TPSA) is 54.9 Å². The van der Waals surface area contributed by atoms with Gasteiger partial charge < -0.3 is 5.32 Å². The minimum Gasteiger partial charge on any atom is -0.300 e. The van der Waals surface area contributed by atoms with Crippen LogP contribution in [0, 0.1) is 11.7 Å². The molecular formula is C16H13BrFN3OS2. The fourth-order valence-electron chi connectivity index (χ4n) is 2.49. The zero-order valence-corrected chi connectivity index (χ0v) is 15.8. The van der Waals surface area contributed by atoms with E-state index in [9.17, 15) is 9.18 Å². The quantitative estimate of drug-likeness (QED) is 0.631. The van der Waals surface area contributed by atoms with E-state index in [-0.39, 0.29) is 17.6 Å². The number of nitrogens with zero attached hydrogens (tertiary/aromatic N) is 2. The molecule has 2 aromatic heterocycles. The molecule has 124 valence electrons. The third-order valence-corrected chi connectivity index (χ3v) is 5.93. The molecule has 0 saturated heterocycles. The summed E-state index contributed by atoms with van der Waals surface area (Å²) in [4.78, 5) is 13.6. The van der Waals surface area contributed by atoms with E-state index in [0.717, 1.165) is 14.2 Å². The number of thiophene rings is 1. The highest BCUT2D eigenvalue weighted by atomic mass is 79.9. The highest BCUT2D eigenvalue weighted by Gasteiger charge is 2.29. The molecule has 0 aliphatic rings. The monoisotopic (exact) mass is 425 g/mol. The predicted molar refractivity (Wildman–Crippen MR) is 98.0 cm³/mol. The number of anilines is 1. The standard InChI is InChI=1S/C16H13BrFN3OS2/c1-9(15(22)20-16-21-19-8-23-16)14(12-5-6-13(17)24-12)10-3-2-4-11(18)7-10/h2-9,14H,1H3,(H,20,21,22)/t9-,14?/m1/s1. The lowest BCUT2D eigenvalue weighted by atomic mass is 9.85. The van der Waals surface area contributed by atoms with Crippen LogP contribution in [-0.4, -0.2) is 16.1 Å². The van der Waals surface area contributed by atoms with Crippen molar-refractivity contribution < 1.29 is 9.18 Å². The number of rotatable bonds is 5. The van der Waals surface area contributed by atoms with Crippen LogP contribution in [0.15, 0.2) is 45.7 Å². The van der Waals surface area contributed by atoms with Crippen LogP contribution in [0.1, 0.15) is 23.3 Å². The van der Waals surface area contributed by atoms with Crippen molar-refractivity contribution in [2.45, 2.75) is 12.8 Å². The normalized spacial score (nSPS) is 13.5. The highest BCUT2D eigenvalue weighted by Crippen LogP contribution is 2.38. The van der Waals surface area contributed by atoms with Crippen LogP contribution >= 0.6 is 38.6 Å². The van der Waals surface area contributed by atoms with Gasteiger partial charge >= 0.3 is 0 Å². The second kappa shape index (κ2) is 7.50. The molecule has 0 fully saturated rings. The second-order valence-corrected chi connectivity index (χ2v) is 8.52. The molecule has 3 aromatic rings. The minimum atomic E-state index is -0.402. The number of hydrogen-bond donors (Lipinski definition) is 1. The molecule has 2 atom stereocenters. The minimum absolute atomic E-state index is 0.175. The van der Waals surface area contributed by atoms with Gasteiger partial charge in [0.1, 0.15) is 11.3 Å². The van der Waals surface area contributed by atoms with Gasteiger partial charge in [-0.3, -0.25) is 4.79 Å². The highest BCUT2D eigenvalue weighted by molar-refractivity contribution is 9.11. The van der Waals surface area contributed by atoms with Gasteiger partial charge in [0.2, 0.25) is 11.0 Å². The Hall–Kier alpha value is -1.64. The molecule has 0 aliphatic heterocycles. The first-order chi connectivity index (χ1) is 11.5. The van der Waals surface area contributed by atoms with Gasteiger partial charge in [0, 0.05) is 16.7 Å². The van der Waals surface area contributed by atoms with Crippen LogP contribution in [0.4, 0.5) is 9.52 Å². The fourth-order valence-corrected chi connectivity index (χ4v) is 4.60. The number of carbonyl (C=O) groups excluding carboxylic acids is 1. The lowest BCUT2D eigenvalue weighted by molar-refractivity contribution is -0.119. The summed E-state index contributed by atoms with van der Waals surface area (Å²) in [7, 11) is 0. The molecule has 0 saturated carbocycles. The van der Waals surface area contributed by atoms with Crippen molar-refractivity contribution in [3.05, 3.63) is 62.0 Å². The smallest absolute Gasteiger partial charge is 0.230 e. The summed E-state index contributed by atoms with van der Waals surface area (Å²) in [5, 5.41) is 10.8. The average Bonchev–Trinajstić information content (AvgIpc) is 3.19. The molecule has 4 nitrogen and oxygen atoms in total. The van der Waals surface area contributed by atoms with Crippen LogP contribution in [0.5, 0.6) is 0 Å². The van der Waals surface area contributed by atoms with E-state index in [0.29, 0.717) is 5.13 Å². The second-order valence-electron chi connectivity index (χ2n) is 5.20. The number of amides is 1. The van der Waals surface area contributed by atoms with E-state index in [4.69, 9.17) is 0 Å². The molecule has 1 amide bonds. The maximum absolute atomic E-state index is 13.7. The molecule has 1 aromatic carbocycles. The van der Waals surface area contributed by atoms with Crippen molar-refractivity contribution >= 4 is 49.6 Å². The largest absolute Gasteiger partial charge is 0.300 e. The van der Waals surface area contributed by atoms with Gasteiger partial charge in [-0.05, 0) is 45.8 Å². The van der Waals surface area contributed by atoms with E-state index in [1.165, 1.54) is 34.8 Å². The summed E-state index contributed by atoms with van der Waals surface area (Å²) < 4.78 is 14.7. The van der Waals surface area contributed by atoms with Gasteiger partial charge in [-0.1, -0.05) is 30.4 Å². The third kappa shape index (κ3) is 3.88. The molecule has 3 rings (SSSR count). The Kier molecular flexibility index (Phi) is 5.37. The van der Waals surface area contributed by atoms with Gasteiger partial charge in [0.15, 0.2) is 0 Å². The van der Waals surface area contributed by atoms with Crippen LogP contribution in [0.3, 0.4) is 0 Å². The molecule has 1 N–H and O–H groups in total. The van der Waals surface area contributed by atoms with Crippen LogP contribution in [-0.2, 0) is 4.79 Å². The summed E-state index contributed by atoms with van der Waals surface area (Å²) in [5.41, 5.74) is 2.32. The summed E-state index contributed by atoms with van der Waals surface area (Å²) in [5.74, 6) is -1.14. The van der Waals surface area contributed by atoms with Crippen molar-refractivity contribution in [1.82, 2.24) is 10.2 Å². The molecule has 0 spiro atoms. The number of nitrogens with one attached hydrogen (secondary N) is 1. The summed E-state index contributed by atoms with van der Waals surface area (Å²) in [6, 6.07) is 10.3. The number of halogens is 2. The van der Waals surface area contributed by atoms with Crippen LogP contribution < -0.4 is 5.32 Å². The molecule has 1 unspecified atom stereocenters. The molecule has 2 heterocycles. The average molecular weight is 426 g/mol. The van der Waals surface area contributed by atoms with Gasteiger partial charge in [0.25, 0.3) is 0 Å². The van der Waals surface area contributed by atoms with Crippen molar-refractivity contribution in [3.63, 3.8) is 0 Å². The Morgan fingerprint density at radius 2 is 2.17 bits per heavy atom. The van der Waals surface area contributed by atoms with Crippen molar-refractivity contribution in [1.29, 1.82) is 0 Å². The van der Waals surface area contributed by atoms with Gasteiger partial charge in [-0.2, -0.15) is 0 Å². The van der Waals surface area contributed by atoms with Gasteiger partial charge in [-0.15, -0.1) is 21.5 Å². The zero-order valence-electron chi connectivity index (χ0n) is 12.6. The number of carbonyl (C=O) groups is 1. The number of aromatic nitrogens is 2. The molecule has 0 bridgehead atoms. The third-order valence-electron chi connectivity index (χ3n) is 3.61. The lowest BCUT2D eigenvalue weighted by Crippen LogP contribution is -2.26. The first-order valence-electron chi connectivity index (χ1n) is 7.12. The Balaban J connectivity index is 1.93. The maximum Gasteiger partial charge on any atom is 0.230 e.